The Morgan fingerprint density at radius 1 is 1.27 bits per heavy atom. The predicted molar refractivity (Wildman–Crippen MR) is 159 cm³/mol. The van der Waals surface area contributed by atoms with Gasteiger partial charge >= 0.3 is 14.5 Å². The zero-order valence-corrected chi connectivity index (χ0v) is 25.8. The van der Waals surface area contributed by atoms with E-state index >= 15 is 0 Å². The topological polar surface area (TPSA) is 134 Å². The van der Waals surface area contributed by atoms with Gasteiger partial charge in [0, 0.05) is 10.9 Å². The minimum absolute atomic E-state index is 0.00278. The van der Waals surface area contributed by atoms with Gasteiger partial charge in [0.05, 0.1) is 19.0 Å². The zero-order valence-electron chi connectivity index (χ0n) is 23.4. The van der Waals surface area contributed by atoms with Crippen molar-refractivity contribution in [3.63, 3.8) is 0 Å². The Kier molecular flexibility index (Phi) is 9.85. The monoisotopic (exact) mass is 623 g/mol. The molecular formula is C26H35ClN7O5PS. The van der Waals surface area contributed by atoms with Crippen LogP contribution in [0, 0.1) is 5.92 Å². The number of imidazole rings is 1. The minimum atomic E-state index is -1.74. The van der Waals surface area contributed by atoms with Crippen molar-refractivity contribution in [1.29, 1.82) is 0 Å². The number of carbonyl (C=O) groups is 1. The van der Waals surface area contributed by atoms with Gasteiger partial charge < -0.3 is 18.5 Å². The van der Waals surface area contributed by atoms with Crippen LogP contribution in [0.5, 0.6) is 5.75 Å². The molecule has 1 aromatic carbocycles. The Morgan fingerprint density at radius 3 is 2.76 bits per heavy atom. The third-order valence-electron chi connectivity index (χ3n) is 7.03. The van der Waals surface area contributed by atoms with Crippen LogP contribution in [0.4, 0.5) is 5.82 Å². The smallest absolute Gasteiger partial charge is 0.326 e. The van der Waals surface area contributed by atoms with Crippen molar-refractivity contribution in [1.82, 2.24) is 29.4 Å². The zero-order chi connectivity index (χ0) is 29.0. The summed E-state index contributed by atoms with van der Waals surface area (Å²) in [6.07, 6.45) is 7.71. The van der Waals surface area contributed by atoms with E-state index in [4.69, 9.17) is 30.1 Å². The quantitative estimate of drug-likeness (QED) is 0.0920. The highest BCUT2D eigenvalue weighted by Gasteiger charge is 2.41. The number of nitrogens with one attached hydrogen (secondary N) is 3. The van der Waals surface area contributed by atoms with Crippen LogP contribution in [0.2, 0.25) is 5.02 Å². The molecule has 1 aliphatic carbocycles. The average molecular weight is 624 g/mol. The van der Waals surface area contributed by atoms with Gasteiger partial charge in [-0.15, -0.1) is 0 Å². The first-order valence-electron chi connectivity index (χ1n) is 13.5. The summed E-state index contributed by atoms with van der Waals surface area (Å²) >= 11 is 7.48. The molecule has 3 N–H and O–H groups in total. The lowest BCUT2D eigenvalue weighted by atomic mass is 10.0. The van der Waals surface area contributed by atoms with E-state index in [-0.39, 0.29) is 36.9 Å². The molecule has 41 heavy (non-hydrogen) atoms. The molecule has 1 saturated heterocycles. The number of hydrogen-bond acceptors (Lipinski definition) is 12. The van der Waals surface area contributed by atoms with Gasteiger partial charge in [-0.05, 0) is 63.1 Å². The van der Waals surface area contributed by atoms with Gasteiger partial charge in [-0.25, -0.2) is 20.0 Å². The van der Waals surface area contributed by atoms with Crippen LogP contribution in [0.15, 0.2) is 36.9 Å². The van der Waals surface area contributed by atoms with Crippen LogP contribution < -0.4 is 19.9 Å². The number of hydrogen-bond donors (Lipinski definition) is 3. The number of fused-ring (bicyclic) bond motifs is 1. The molecule has 5 rings (SSSR count). The lowest BCUT2D eigenvalue weighted by molar-refractivity contribution is -0.151. The number of anilines is 1. The van der Waals surface area contributed by atoms with E-state index in [2.05, 4.69) is 37.2 Å². The Balaban J connectivity index is 1.27. The summed E-state index contributed by atoms with van der Waals surface area (Å²) in [5.74, 6) is 1.02. The van der Waals surface area contributed by atoms with Gasteiger partial charge in [0.1, 0.15) is 29.9 Å². The fourth-order valence-electron chi connectivity index (χ4n) is 4.36. The Labute approximate surface area is 249 Å². The van der Waals surface area contributed by atoms with Crippen molar-refractivity contribution in [2.24, 2.45) is 5.92 Å². The first-order valence-corrected chi connectivity index (χ1v) is 16.3. The summed E-state index contributed by atoms with van der Waals surface area (Å²) in [5, 5.41) is 3.91. The summed E-state index contributed by atoms with van der Waals surface area (Å²) in [7, 11) is -1.74. The number of ether oxygens (including phenoxy) is 2. The summed E-state index contributed by atoms with van der Waals surface area (Å²) in [5.41, 5.74) is 3.37. The van der Waals surface area contributed by atoms with Crippen molar-refractivity contribution in [2.45, 2.75) is 70.4 Å². The van der Waals surface area contributed by atoms with Crippen molar-refractivity contribution in [3.8, 4) is 5.75 Å². The molecule has 222 valence electrons. The Bertz CT molecular complexity index is 1330. The summed E-state index contributed by atoms with van der Waals surface area (Å²) in [4.78, 5) is 29.2. The minimum Gasteiger partial charge on any atom is -0.461 e. The normalized spacial score (nSPS) is 22.8. The van der Waals surface area contributed by atoms with Gasteiger partial charge in [-0.3, -0.25) is 14.8 Å². The van der Waals surface area contributed by atoms with Gasteiger partial charge in [-0.1, -0.05) is 37.4 Å². The molecule has 3 heterocycles. The van der Waals surface area contributed by atoms with E-state index in [1.807, 2.05) is 24.7 Å². The van der Waals surface area contributed by atoms with E-state index in [1.54, 1.807) is 30.6 Å². The molecule has 4 unspecified atom stereocenters. The number of halogens is 1. The molecule has 1 saturated carbocycles. The van der Waals surface area contributed by atoms with E-state index in [0.717, 1.165) is 19.3 Å². The molecule has 0 amide bonds. The van der Waals surface area contributed by atoms with Crippen LogP contribution in [-0.2, 0) is 18.8 Å². The summed E-state index contributed by atoms with van der Waals surface area (Å²) in [6, 6.07) is 7.02. The molecule has 12 nitrogen and oxygen atoms in total. The second-order valence-electron chi connectivity index (χ2n) is 10.3. The van der Waals surface area contributed by atoms with Crippen LogP contribution in [0.3, 0.4) is 0 Å². The molecule has 2 aliphatic rings. The molecule has 2 fully saturated rings. The highest BCUT2D eigenvalue weighted by atomic mass is 35.5. The maximum absolute atomic E-state index is 13.0. The third-order valence-corrected chi connectivity index (χ3v) is 9.03. The van der Waals surface area contributed by atoms with Crippen LogP contribution in [0.1, 0.15) is 52.7 Å². The van der Waals surface area contributed by atoms with Crippen molar-refractivity contribution in [3.05, 3.63) is 41.9 Å². The number of esters is 1. The molecular weight excluding hydrogens is 589 g/mol. The third kappa shape index (κ3) is 7.40. The molecule has 5 atom stereocenters. The van der Waals surface area contributed by atoms with Crippen molar-refractivity contribution in [2.75, 3.05) is 18.3 Å². The standard InChI is InChI=1S/C26H35ClN7O5PS/c1-5-26(3,25(35)38-18-10-11-18)32-40(39-19-8-6-17(27)7-9-19)36-13-20-12-16(2)24(37-20)34-15-30-21-22(31-33-41-4)28-14-29-23(21)34/h6-9,14-16,18,20,24,32-33H,5,10-13H2,1-4H3,(H,28,29,31)/t16?,20?,24-,26?,40?/m1/s1. The molecule has 3 aromatic rings. The lowest BCUT2D eigenvalue weighted by Gasteiger charge is -2.31. The number of nitrogens with zero attached hydrogens (tertiary/aromatic N) is 4. The maximum atomic E-state index is 13.0. The molecule has 0 bridgehead atoms. The molecule has 1 aliphatic heterocycles. The first-order chi connectivity index (χ1) is 19.8. The fraction of sp³-hybridized carbons (Fsp3) is 0.538. The fourth-order valence-corrected chi connectivity index (χ4v) is 6.11. The SMILES string of the molecule is CCC(C)(NP(OCC1CC(C)[C@H](n2cnc3c(NNSC)ncnc32)O1)Oc1ccc(Cl)cc1)C(=O)OC1CC1. The van der Waals surface area contributed by atoms with Crippen LogP contribution >= 0.6 is 32.1 Å². The van der Waals surface area contributed by atoms with E-state index in [0.29, 0.717) is 34.2 Å². The van der Waals surface area contributed by atoms with Crippen molar-refractivity contribution >= 4 is 55.0 Å². The summed E-state index contributed by atoms with van der Waals surface area (Å²) < 4.78 is 26.5. The van der Waals surface area contributed by atoms with Gasteiger partial charge in [0.25, 0.3) is 0 Å². The first kappa shape index (κ1) is 30.2. The Morgan fingerprint density at radius 2 is 2.05 bits per heavy atom. The predicted octanol–water partition coefficient (Wildman–Crippen LogP) is 5.38. The number of rotatable bonds is 14. The molecule has 0 spiro atoms. The largest absolute Gasteiger partial charge is 0.461 e. The number of aromatic nitrogens is 4. The Hall–Kier alpha value is -2.25. The van der Waals surface area contributed by atoms with Gasteiger partial charge in [0.15, 0.2) is 17.0 Å². The van der Waals surface area contributed by atoms with Gasteiger partial charge in [0.2, 0.25) is 0 Å². The van der Waals surface area contributed by atoms with E-state index in [9.17, 15) is 4.79 Å². The maximum Gasteiger partial charge on any atom is 0.326 e. The van der Waals surface area contributed by atoms with E-state index < -0.39 is 14.1 Å². The molecule has 2 aromatic heterocycles. The summed E-state index contributed by atoms with van der Waals surface area (Å²) in [6.45, 7) is 6.13. The molecule has 15 heteroatoms. The average Bonchev–Trinajstić information content (AvgIpc) is 3.56. The molecule has 0 radical (unpaired) electrons. The van der Waals surface area contributed by atoms with Gasteiger partial charge in [-0.2, -0.15) is 4.83 Å². The number of benzene rings is 1. The van der Waals surface area contributed by atoms with Crippen LogP contribution in [-0.4, -0.2) is 56.1 Å². The van der Waals surface area contributed by atoms with Crippen LogP contribution in [0.25, 0.3) is 11.2 Å². The number of carbonyl (C=O) groups excluding carboxylic acids is 1. The second-order valence-corrected chi connectivity index (χ2v) is 12.6. The highest BCUT2D eigenvalue weighted by molar-refractivity contribution is 7.96. The lowest BCUT2D eigenvalue weighted by Crippen LogP contribution is -2.48. The second kappa shape index (κ2) is 13.4. The number of hydrazine groups is 1. The van der Waals surface area contributed by atoms with Crippen molar-refractivity contribution < 1.29 is 23.3 Å². The van der Waals surface area contributed by atoms with E-state index in [1.165, 1.54) is 18.3 Å². The highest BCUT2D eigenvalue weighted by Crippen LogP contribution is 2.42.